The van der Waals surface area contributed by atoms with E-state index in [0.717, 1.165) is 44.9 Å². The Labute approximate surface area is 130 Å². The van der Waals surface area contributed by atoms with Crippen LogP contribution >= 0.6 is 0 Å². The molecule has 0 aromatic carbocycles. The summed E-state index contributed by atoms with van der Waals surface area (Å²) in [4.78, 5) is 10.3. The molecule has 0 aromatic heterocycles. The summed E-state index contributed by atoms with van der Waals surface area (Å²) in [7, 11) is 0. The summed E-state index contributed by atoms with van der Waals surface area (Å²) < 4.78 is 0. The van der Waals surface area contributed by atoms with E-state index in [4.69, 9.17) is 5.11 Å². The third-order valence-electron chi connectivity index (χ3n) is 3.81. The highest BCUT2D eigenvalue weighted by molar-refractivity contribution is 5.79. The summed E-state index contributed by atoms with van der Waals surface area (Å²) in [6.07, 6.45) is 17.6. The Kier molecular flexibility index (Phi) is 14.9. The summed E-state index contributed by atoms with van der Waals surface area (Å²) in [5, 5.41) is 18.3. The van der Waals surface area contributed by atoms with Crippen molar-refractivity contribution in [2.45, 2.75) is 96.5 Å². The van der Waals surface area contributed by atoms with Crippen LogP contribution in [0.1, 0.15) is 90.4 Å². The molecule has 0 saturated heterocycles. The van der Waals surface area contributed by atoms with Crippen LogP contribution in [0.5, 0.6) is 0 Å². The number of hydrogen-bond acceptors (Lipinski definition) is 2. The van der Waals surface area contributed by atoms with Gasteiger partial charge in [-0.3, -0.25) is 0 Å². The number of hydrogen-bond donors (Lipinski definition) is 2. The molecule has 1 unspecified atom stereocenters. The van der Waals surface area contributed by atoms with Crippen molar-refractivity contribution in [2.24, 2.45) is 0 Å². The Morgan fingerprint density at radius 1 is 0.905 bits per heavy atom. The molecule has 0 aliphatic rings. The van der Waals surface area contributed by atoms with Gasteiger partial charge in [0.2, 0.25) is 0 Å². The smallest absolute Gasteiger partial charge is 0.327 e. The van der Waals surface area contributed by atoms with E-state index in [0.29, 0.717) is 0 Å². The Morgan fingerprint density at radius 3 is 2.00 bits per heavy atom. The molecule has 0 heterocycles. The van der Waals surface area contributed by atoms with Gasteiger partial charge < -0.3 is 10.2 Å². The van der Waals surface area contributed by atoms with E-state index in [1.807, 2.05) is 0 Å². The molecule has 3 nitrogen and oxygen atoms in total. The fraction of sp³-hybridized carbons (Fsp3) is 0.833. The van der Waals surface area contributed by atoms with E-state index >= 15 is 0 Å². The van der Waals surface area contributed by atoms with Gasteiger partial charge in [-0.15, -0.1) is 0 Å². The van der Waals surface area contributed by atoms with Gasteiger partial charge in [-0.05, 0) is 25.7 Å². The molecular weight excluding hydrogens is 264 g/mol. The van der Waals surface area contributed by atoms with Gasteiger partial charge in [0.1, 0.15) is 0 Å². The highest BCUT2D eigenvalue weighted by atomic mass is 16.4. The zero-order valence-corrected chi connectivity index (χ0v) is 13.7. The molecule has 0 bridgehead atoms. The van der Waals surface area contributed by atoms with Gasteiger partial charge in [-0.2, -0.15) is 0 Å². The molecule has 21 heavy (non-hydrogen) atoms. The fourth-order valence-electron chi connectivity index (χ4n) is 2.48. The van der Waals surface area contributed by atoms with Crippen molar-refractivity contribution in [1.82, 2.24) is 0 Å². The van der Waals surface area contributed by atoms with E-state index < -0.39 is 5.97 Å². The Bertz CT molecular complexity index is 261. The summed E-state index contributed by atoms with van der Waals surface area (Å²) in [5.74, 6) is -0.875. The second-order valence-electron chi connectivity index (χ2n) is 5.94. The molecule has 0 rings (SSSR count). The molecule has 0 fully saturated rings. The molecular formula is C18H34O3. The van der Waals surface area contributed by atoms with Gasteiger partial charge in [0, 0.05) is 6.08 Å². The first-order chi connectivity index (χ1) is 10.2. The van der Waals surface area contributed by atoms with Crippen molar-refractivity contribution in [3.8, 4) is 0 Å². The average Bonchev–Trinajstić information content (AvgIpc) is 2.45. The molecule has 0 aromatic rings. The van der Waals surface area contributed by atoms with E-state index in [-0.39, 0.29) is 6.10 Å². The van der Waals surface area contributed by atoms with Crippen molar-refractivity contribution in [1.29, 1.82) is 0 Å². The second-order valence-corrected chi connectivity index (χ2v) is 5.94. The normalized spacial score (nSPS) is 12.9. The lowest BCUT2D eigenvalue weighted by molar-refractivity contribution is -0.131. The minimum absolute atomic E-state index is 0.143. The summed E-state index contributed by atoms with van der Waals surface area (Å²) >= 11 is 0. The minimum atomic E-state index is -0.875. The molecule has 3 heteroatoms. The van der Waals surface area contributed by atoms with Crippen molar-refractivity contribution in [2.75, 3.05) is 0 Å². The highest BCUT2D eigenvalue weighted by Gasteiger charge is 2.03. The molecule has 0 saturated carbocycles. The lowest BCUT2D eigenvalue weighted by Gasteiger charge is -2.10. The molecule has 1 atom stereocenters. The van der Waals surface area contributed by atoms with Crippen molar-refractivity contribution in [3.63, 3.8) is 0 Å². The van der Waals surface area contributed by atoms with Crippen LogP contribution in [-0.4, -0.2) is 22.3 Å². The van der Waals surface area contributed by atoms with Gasteiger partial charge >= 0.3 is 5.97 Å². The minimum Gasteiger partial charge on any atom is -0.478 e. The third-order valence-corrected chi connectivity index (χ3v) is 3.81. The van der Waals surface area contributed by atoms with E-state index in [1.165, 1.54) is 44.6 Å². The highest BCUT2D eigenvalue weighted by Crippen LogP contribution is 2.13. The lowest BCUT2D eigenvalue weighted by atomic mass is 10.0. The Hall–Kier alpha value is -0.830. The Balaban J connectivity index is 3.23. The topological polar surface area (TPSA) is 57.5 Å². The number of carbonyl (C=O) groups is 1. The first-order valence-corrected chi connectivity index (χ1v) is 8.74. The van der Waals surface area contributed by atoms with Crippen LogP contribution in [0.25, 0.3) is 0 Å². The quantitative estimate of drug-likeness (QED) is 0.327. The number of aliphatic hydroxyl groups is 1. The monoisotopic (exact) mass is 298 g/mol. The van der Waals surface area contributed by atoms with Crippen LogP contribution in [0.2, 0.25) is 0 Å². The molecule has 2 N–H and O–H groups in total. The van der Waals surface area contributed by atoms with Gasteiger partial charge in [-0.1, -0.05) is 70.8 Å². The van der Waals surface area contributed by atoms with Crippen molar-refractivity contribution in [3.05, 3.63) is 12.2 Å². The number of aliphatic carboxylic acids is 1. The lowest BCUT2D eigenvalue weighted by Crippen LogP contribution is -2.05. The molecule has 0 radical (unpaired) electrons. The maximum Gasteiger partial charge on any atom is 0.327 e. The van der Waals surface area contributed by atoms with Gasteiger partial charge in [-0.25, -0.2) is 4.79 Å². The molecule has 0 aliphatic carbocycles. The SMILES string of the molecule is CCCCCCCCCC(O)CCCCCC=CC(=O)O. The number of rotatable bonds is 15. The largest absolute Gasteiger partial charge is 0.478 e. The number of allylic oxidation sites excluding steroid dienone is 1. The number of carboxylic acid groups (broad SMARTS) is 1. The zero-order chi connectivity index (χ0) is 15.8. The standard InChI is InChI=1S/C18H34O3/c1-2-3-4-5-6-8-11-14-17(19)15-12-9-7-10-13-16-18(20)21/h13,16-17,19H,2-12,14-15H2,1H3,(H,20,21). The van der Waals surface area contributed by atoms with Gasteiger partial charge in [0.15, 0.2) is 0 Å². The van der Waals surface area contributed by atoms with Crippen LogP contribution in [0.15, 0.2) is 12.2 Å². The number of aliphatic hydroxyl groups excluding tert-OH is 1. The maximum atomic E-state index is 10.3. The second kappa shape index (κ2) is 15.6. The van der Waals surface area contributed by atoms with E-state index in [1.54, 1.807) is 6.08 Å². The van der Waals surface area contributed by atoms with Crippen LogP contribution in [0.3, 0.4) is 0 Å². The summed E-state index contributed by atoms with van der Waals surface area (Å²) in [6.45, 7) is 2.23. The summed E-state index contributed by atoms with van der Waals surface area (Å²) in [6, 6.07) is 0. The van der Waals surface area contributed by atoms with Crippen molar-refractivity contribution >= 4 is 5.97 Å². The van der Waals surface area contributed by atoms with Crippen LogP contribution < -0.4 is 0 Å². The summed E-state index contributed by atoms with van der Waals surface area (Å²) in [5.41, 5.74) is 0. The molecule has 0 amide bonds. The predicted molar refractivity (Wildman–Crippen MR) is 88.5 cm³/mol. The third kappa shape index (κ3) is 17.1. The first kappa shape index (κ1) is 20.2. The first-order valence-electron chi connectivity index (χ1n) is 8.74. The molecule has 0 spiro atoms. The Morgan fingerprint density at radius 2 is 1.43 bits per heavy atom. The van der Waals surface area contributed by atoms with Crippen molar-refractivity contribution < 1.29 is 15.0 Å². The van der Waals surface area contributed by atoms with Gasteiger partial charge in [0.05, 0.1) is 6.10 Å². The fourth-order valence-corrected chi connectivity index (χ4v) is 2.48. The molecule has 124 valence electrons. The van der Waals surface area contributed by atoms with Gasteiger partial charge in [0.25, 0.3) is 0 Å². The van der Waals surface area contributed by atoms with Crippen LogP contribution in [0.4, 0.5) is 0 Å². The van der Waals surface area contributed by atoms with Crippen LogP contribution in [0, 0.1) is 0 Å². The number of unbranched alkanes of at least 4 members (excludes halogenated alkanes) is 9. The predicted octanol–water partition coefficient (Wildman–Crippen LogP) is 5.08. The number of carboxylic acids is 1. The van der Waals surface area contributed by atoms with E-state index in [2.05, 4.69) is 6.92 Å². The maximum absolute atomic E-state index is 10.3. The molecule has 0 aliphatic heterocycles. The van der Waals surface area contributed by atoms with Crippen LogP contribution in [-0.2, 0) is 4.79 Å². The zero-order valence-electron chi connectivity index (χ0n) is 13.7. The average molecular weight is 298 g/mol. The van der Waals surface area contributed by atoms with E-state index in [9.17, 15) is 9.90 Å².